The third-order valence-corrected chi connectivity index (χ3v) is 2.18. The molecule has 0 saturated carbocycles. The van der Waals surface area contributed by atoms with Gasteiger partial charge in [0.05, 0.1) is 5.60 Å². The molecule has 0 radical (unpaired) electrons. The van der Waals surface area contributed by atoms with Crippen LogP contribution in [0.3, 0.4) is 0 Å². The highest BCUT2D eigenvalue weighted by Gasteiger charge is 2.24. The molecule has 0 fully saturated rings. The number of carbonyl (C=O) groups excluding carboxylic acids is 2. The smallest absolute Gasteiger partial charge is 0.182 e. The van der Waals surface area contributed by atoms with Gasteiger partial charge in [-0.15, -0.1) is 0 Å². The lowest BCUT2D eigenvalue weighted by molar-refractivity contribution is -0.115. The van der Waals surface area contributed by atoms with Gasteiger partial charge in [-0.25, -0.2) is 0 Å². The number of carbonyl (C=O) groups is 2. The Kier molecular flexibility index (Phi) is 3.58. The van der Waals surface area contributed by atoms with Crippen molar-refractivity contribution in [1.82, 2.24) is 0 Å². The molecular weight excluding hydrogens is 192 g/mol. The summed E-state index contributed by atoms with van der Waals surface area (Å²) in [4.78, 5) is 22.6. The Bertz CT molecular complexity index is 335. The molecule has 0 spiro atoms. The van der Waals surface area contributed by atoms with Crippen LogP contribution in [0.4, 0.5) is 0 Å². The van der Waals surface area contributed by atoms with Gasteiger partial charge in [-0.1, -0.05) is 0 Å². The van der Waals surface area contributed by atoms with Gasteiger partial charge in [-0.3, -0.25) is 9.59 Å². The van der Waals surface area contributed by atoms with E-state index in [0.29, 0.717) is 18.6 Å². The van der Waals surface area contributed by atoms with E-state index < -0.39 is 5.60 Å². The molecule has 0 heterocycles. The van der Waals surface area contributed by atoms with Gasteiger partial charge in [0.25, 0.3) is 0 Å². The van der Waals surface area contributed by atoms with E-state index in [4.69, 9.17) is 4.74 Å². The van der Waals surface area contributed by atoms with Gasteiger partial charge >= 0.3 is 0 Å². The Hall–Kier alpha value is -1.22. The summed E-state index contributed by atoms with van der Waals surface area (Å²) in [6.07, 6.45) is 4.47. The zero-order valence-electron chi connectivity index (χ0n) is 9.37. The Labute approximate surface area is 89.8 Å². The molecule has 0 aliphatic heterocycles. The number of rotatable bonds is 4. The van der Waals surface area contributed by atoms with E-state index >= 15 is 0 Å². The molecule has 0 aromatic heterocycles. The first-order chi connectivity index (χ1) is 6.94. The second-order valence-electron chi connectivity index (χ2n) is 4.14. The summed E-state index contributed by atoms with van der Waals surface area (Å²) < 4.78 is 5.49. The summed E-state index contributed by atoms with van der Waals surface area (Å²) in [5, 5.41) is 0. The van der Waals surface area contributed by atoms with Crippen molar-refractivity contribution in [3.8, 4) is 0 Å². The molecule has 0 N–H and O–H groups in total. The second kappa shape index (κ2) is 4.53. The molecule has 1 aliphatic rings. The van der Waals surface area contributed by atoms with Crippen molar-refractivity contribution in [1.29, 1.82) is 0 Å². The van der Waals surface area contributed by atoms with Crippen molar-refractivity contribution in [2.75, 3.05) is 6.61 Å². The maximum atomic E-state index is 11.5. The molecule has 1 aliphatic carbocycles. The van der Waals surface area contributed by atoms with Gasteiger partial charge < -0.3 is 4.74 Å². The number of ether oxygens (including phenoxy) is 1. The average Bonchev–Trinajstić information content (AvgIpc) is 2.10. The first-order valence-corrected chi connectivity index (χ1v) is 5.05. The zero-order valence-corrected chi connectivity index (χ0v) is 9.37. The quantitative estimate of drug-likeness (QED) is 0.662. The maximum absolute atomic E-state index is 11.5. The van der Waals surface area contributed by atoms with Crippen LogP contribution in [-0.4, -0.2) is 23.8 Å². The van der Waals surface area contributed by atoms with Crippen molar-refractivity contribution in [3.63, 3.8) is 0 Å². The van der Waals surface area contributed by atoms with E-state index in [1.807, 2.05) is 20.8 Å². The lowest BCUT2D eigenvalue weighted by atomic mass is 9.92. The van der Waals surface area contributed by atoms with E-state index in [9.17, 15) is 9.59 Å². The lowest BCUT2D eigenvalue weighted by Crippen LogP contribution is -2.27. The Morgan fingerprint density at radius 1 is 1.27 bits per heavy atom. The number of hydrogen-bond donors (Lipinski definition) is 0. The number of ketones is 2. The van der Waals surface area contributed by atoms with Crippen molar-refractivity contribution < 1.29 is 14.3 Å². The fourth-order valence-corrected chi connectivity index (χ4v) is 1.59. The number of hydrogen-bond acceptors (Lipinski definition) is 3. The standard InChI is InChI=1S/C12H16O3/c1-4-15-12(2,3)8-9-7-10(13)5-6-11(9)14/h5-7H,4,8H2,1-3H3. The fourth-order valence-electron chi connectivity index (χ4n) is 1.59. The molecule has 0 atom stereocenters. The molecule has 3 heteroatoms. The van der Waals surface area contributed by atoms with E-state index in [-0.39, 0.29) is 11.6 Å². The molecule has 0 unspecified atom stereocenters. The summed E-state index contributed by atoms with van der Waals surface area (Å²) in [5.74, 6) is -0.223. The lowest BCUT2D eigenvalue weighted by Gasteiger charge is -2.25. The average molecular weight is 208 g/mol. The van der Waals surface area contributed by atoms with Crippen LogP contribution in [0, 0.1) is 0 Å². The van der Waals surface area contributed by atoms with Crippen LogP contribution in [0.5, 0.6) is 0 Å². The van der Waals surface area contributed by atoms with E-state index in [1.54, 1.807) is 0 Å². The van der Waals surface area contributed by atoms with E-state index in [1.165, 1.54) is 18.2 Å². The zero-order chi connectivity index (χ0) is 11.5. The molecular formula is C12H16O3. The van der Waals surface area contributed by atoms with Crippen molar-refractivity contribution in [2.24, 2.45) is 0 Å². The SMILES string of the molecule is CCOC(C)(C)CC1=CC(=O)C=CC1=O. The molecule has 1 rings (SSSR count). The van der Waals surface area contributed by atoms with Crippen molar-refractivity contribution in [3.05, 3.63) is 23.8 Å². The summed E-state index contributed by atoms with van der Waals surface area (Å²) in [5.41, 5.74) is 0.128. The third kappa shape index (κ3) is 3.44. The maximum Gasteiger partial charge on any atom is 0.182 e. The first kappa shape index (κ1) is 11.9. The minimum atomic E-state index is -0.401. The highest BCUT2D eigenvalue weighted by molar-refractivity contribution is 6.17. The number of allylic oxidation sites excluding steroid dienone is 3. The Balaban J connectivity index is 2.73. The fraction of sp³-hybridized carbons (Fsp3) is 0.500. The van der Waals surface area contributed by atoms with Crippen LogP contribution < -0.4 is 0 Å². The second-order valence-corrected chi connectivity index (χ2v) is 4.14. The molecule has 82 valence electrons. The molecule has 15 heavy (non-hydrogen) atoms. The highest BCUT2D eigenvalue weighted by atomic mass is 16.5. The molecule has 3 nitrogen and oxygen atoms in total. The summed E-state index contributed by atoms with van der Waals surface area (Å²) in [7, 11) is 0. The van der Waals surface area contributed by atoms with Gasteiger partial charge in [-0.2, -0.15) is 0 Å². The van der Waals surface area contributed by atoms with Gasteiger partial charge in [0.1, 0.15) is 0 Å². The van der Waals surface area contributed by atoms with Crippen LogP contribution in [-0.2, 0) is 14.3 Å². The van der Waals surface area contributed by atoms with Crippen molar-refractivity contribution >= 4 is 11.6 Å². The molecule has 0 saturated heterocycles. The molecule has 0 aromatic carbocycles. The van der Waals surface area contributed by atoms with E-state index in [0.717, 1.165) is 0 Å². The Morgan fingerprint density at radius 3 is 2.53 bits per heavy atom. The van der Waals surface area contributed by atoms with Crippen LogP contribution in [0.2, 0.25) is 0 Å². The topological polar surface area (TPSA) is 43.4 Å². The molecule has 0 bridgehead atoms. The van der Waals surface area contributed by atoms with Gasteiger partial charge in [0.15, 0.2) is 11.6 Å². The minimum absolute atomic E-state index is 0.0950. The summed E-state index contributed by atoms with van der Waals surface area (Å²) in [6.45, 7) is 6.32. The monoisotopic (exact) mass is 208 g/mol. The van der Waals surface area contributed by atoms with Gasteiger partial charge in [0, 0.05) is 18.6 Å². The molecule has 0 amide bonds. The normalized spacial score (nSPS) is 16.9. The van der Waals surface area contributed by atoms with Gasteiger partial charge in [0.2, 0.25) is 0 Å². The largest absolute Gasteiger partial charge is 0.376 e. The Morgan fingerprint density at radius 2 is 1.93 bits per heavy atom. The van der Waals surface area contributed by atoms with Crippen LogP contribution in [0.1, 0.15) is 27.2 Å². The predicted octanol–water partition coefficient (Wildman–Crippen LogP) is 1.83. The molecule has 0 aromatic rings. The highest BCUT2D eigenvalue weighted by Crippen LogP contribution is 2.22. The van der Waals surface area contributed by atoms with Gasteiger partial charge in [-0.05, 0) is 39.0 Å². The summed E-state index contributed by atoms with van der Waals surface area (Å²) >= 11 is 0. The minimum Gasteiger partial charge on any atom is -0.376 e. The summed E-state index contributed by atoms with van der Waals surface area (Å²) in [6, 6.07) is 0. The predicted molar refractivity (Wildman–Crippen MR) is 57.6 cm³/mol. The first-order valence-electron chi connectivity index (χ1n) is 5.05. The van der Waals surface area contributed by atoms with Crippen LogP contribution in [0.15, 0.2) is 23.8 Å². The third-order valence-electron chi connectivity index (χ3n) is 2.18. The van der Waals surface area contributed by atoms with Crippen molar-refractivity contribution in [2.45, 2.75) is 32.8 Å². The van der Waals surface area contributed by atoms with Crippen LogP contribution >= 0.6 is 0 Å². The van der Waals surface area contributed by atoms with E-state index in [2.05, 4.69) is 0 Å². The van der Waals surface area contributed by atoms with Crippen LogP contribution in [0.25, 0.3) is 0 Å².